The van der Waals surface area contributed by atoms with Crippen molar-refractivity contribution in [3.05, 3.63) is 66.6 Å². The Morgan fingerprint density at radius 1 is 0.917 bits per heavy atom. The van der Waals surface area contributed by atoms with E-state index >= 15 is 0 Å². The Kier molecular flexibility index (Phi) is 4.37. The molecule has 0 spiro atoms. The first-order chi connectivity index (χ1) is 11.5. The Hall–Kier alpha value is -2.64. The van der Waals surface area contributed by atoms with Crippen molar-refractivity contribution in [3.8, 4) is 22.4 Å². The molecule has 0 amide bonds. The number of sulfonamides is 1. The van der Waals surface area contributed by atoms with Crippen molar-refractivity contribution in [1.29, 1.82) is 0 Å². The molecule has 0 aliphatic carbocycles. The first-order valence-corrected chi connectivity index (χ1v) is 8.61. The third-order valence-electron chi connectivity index (χ3n) is 3.64. The summed E-state index contributed by atoms with van der Waals surface area (Å²) in [5.74, 6) is 0. The van der Waals surface area contributed by atoms with Crippen molar-refractivity contribution in [1.82, 2.24) is 14.9 Å². The van der Waals surface area contributed by atoms with Crippen LogP contribution in [-0.2, 0) is 10.0 Å². The van der Waals surface area contributed by atoms with E-state index in [1.807, 2.05) is 31.2 Å². The van der Waals surface area contributed by atoms with E-state index in [0.717, 1.165) is 27.3 Å². The second-order valence-electron chi connectivity index (χ2n) is 5.14. The number of aromatic nitrogens is 2. The van der Waals surface area contributed by atoms with Gasteiger partial charge in [-0.2, -0.15) is 0 Å². The fraction of sp³-hybridized carbons (Fsp3) is 0.0588. The predicted molar refractivity (Wildman–Crippen MR) is 89.1 cm³/mol. The van der Waals surface area contributed by atoms with E-state index in [0.29, 0.717) is 5.69 Å². The number of pyridine rings is 2. The molecule has 0 atom stereocenters. The van der Waals surface area contributed by atoms with Gasteiger partial charge in [-0.1, -0.05) is 24.3 Å². The maximum atomic E-state index is 12.4. The van der Waals surface area contributed by atoms with Gasteiger partial charge in [-0.25, -0.2) is 8.42 Å². The first-order valence-electron chi connectivity index (χ1n) is 7.13. The second-order valence-corrected chi connectivity index (χ2v) is 6.77. The van der Waals surface area contributed by atoms with E-state index in [1.165, 1.54) is 12.1 Å². The highest BCUT2D eigenvalue weighted by Gasteiger charge is 2.15. The lowest BCUT2D eigenvalue weighted by atomic mass is 9.99. The average Bonchev–Trinajstić information content (AvgIpc) is 2.62. The number of benzene rings is 1. The van der Waals surface area contributed by atoms with Crippen LogP contribution in [0.2, 0.25) is 0 Å². The zero-order chi connectivity index (χ0) is 17.2. The summed E-state index contributed by atoms with van der Waals surface area (Å²) in [4.78, 5) is 9.36. The van der Waals surface area contributed by atoms with Crippen LogP contribution < -0.4 is 4.94 Å². The monoisotopic (exact) mass is 343 g/mol. The first kappa shape index (κ1) is 16.2. The van der Waals surface area contributed by atoms with Gasteiger partial charge in [0.25, 0.3) is 10.0 Å². The van der Waals surface area contributed by atoms with Gasteiger partial charge in [-0.3, -0.25) is 9.97 Å². The molecule has 1 N–H and O–H groups in total. The number of nitrogens with zero attached hydrogens (tertiary/aromatic N) is 2. The Labute approximate surface area is 139 Å². The summed E-state index contributed by atoms with van der Waals surface area (Å²) >= 11 is 0. The van der Waals surface area contributed by atoms with Crippen LogP contribution in [0.5, 0.6) is 0 Å². The summed E-state index contributed by atoms with van der Waals surface area (Å²) in [5.41, 5.74) is 4.13. The standard InChI is InChI=1S/C17H14FN3O2S/c1-12-15(4-2-10-19-12)16-5-3-11-20-17(16)13-6-8-14(9-7-13)24(22,23)21-18/h2-11,21H,1H3. The molecular weight excluding hydrogens is 329 g/mol. The SMILES string of the molecule is Cc1ncccc1-c1cccnc1-c1ccc(S(=O)(=O)NF)cc1. The summed E-state index contributed by atoms with van der Waals surface area (Å²) in [6.07, 6.45) is 3.39. The fourth-order valence-corrected chi connectivity index (χ4v) is 3.04. The fourth-order valence-electron chi connectivity index (χ4n) is 2.46. The zero-order valence-electron chi connectivity index (χ0n) is 12.8. The van der Waals surface area contributed by atoms with Crippen molar-refractivity contribution in [2.45, 2.75) is 11.8 Å². The largest absolute Gasteiger partial charge is 0.266 e. The molecule has 0 bridgehead atoms. The number of nitrogens with one attached hydrogen (secondary N) is 1. The molecule has 24 heavy (non-hydrogen) atoms. The molecular formula is C17H14FN3O2S. The maximum Gasteiger partial charge on any atom is 0.266 e. The molecule has 0 aliphatic heterocycles. The van der Waals surface area contributed by atoms with E-state index in [-0.39, 0.29) is 4.90 Å². The summed E-state index contributed by atoms with van der Waals surface area (Å²) in [6, 6.07) is 13.4. The number of aryl methyl sites for hydroxylation is 1. The third-order valence-corrected chi connectivity index (χ3v) is 4.74. The highest BCUT2D eigenvalue weighted by molar-refractivity contribution is 7.89. The molecule has 0 unspecified atom stereocenters. The van der Waals surface area contributed by atoms with Gasteiger partial charge >= 0.3 is 0 Å². The molecule has 2 heterocycles. The summed E-state index contributed by atoms with van der Waals surface area (Å²) in [5, 5.41) is 0. The van der Waals surface area contributed by atoms with Crippen LogP contribution in [0.25, 0.3) is 22.4 Å². The lowest BCUT2D eigenvalue weighted by molar-refractivity contribution is 0.425. The lowest BCUT2D eigenvalue weighted by Gasteiger charge is -2.11. The van der Waals surface area contributed by atoms with Crippen molar-refractivity contribution in [2.24, 2.45) is 0 Å². The van der Waals surface area contributed by atoms with Gasteiger partial charge in [0.2, 0.25) is 0 Å². The molecule has 122 valence electrons. The number of halogens is 1. The maximum absolute atomic E-state index is 12.4. The molecule has 7 heteroatoms. The topological polar surface area (TPSA) is 72.0 Å². The van der Waals surface area contributed by atoms with E-state index in [1.54, 1.807) is 24.5 Å². The Morgan fingerprint density at radius 3 is 2.17 bits per heavy atom. The van der Waals surface area contributed by atoms with Crippen LogP contribution in [0, 0.1) is 6.92 Å². The molecule has 0 aliphatic rings. The highest BCUT2D eigenvalue weighted by Crippen LogP contribution is 2.31. The molecule has 0 radical (unpaired) electrons. The van der Waals surface area contributed by atoms with Gasteiger partial charge in [0.1, 0.15) is 0 Å². The molecule has 3 aromatic rings. The molecule has 0 saturated heterocycles. The number of rotatable bonds is 4. The van der Waals surface area contributed by atoms with Crippen LogP contribution in [0.3, 0.4) is 0 Å². The highest BCUT2D eigenvalue weighted by atomic mass is 32.2. The van der Waals surface area contributed by atoms with Crippen molar-refractivity contribution in [2.75, 3.05) is 0 Å². The van der Waals surface area contributed by atoms with Crippen molar-refractivity contribution in [3.63, 3.8) is 0 Å². The normalized spacial score (nSPS) is 11.4. The van der Waals surface area contributed by atoms with Crippen LogP contribution in [0.1, 0.15) is 5.69 Å². The average molecular weight is 343 g/mol. The van der Waals surface area contributed by atoms with Crippen molar-refractivity contribution < 1.29 is 12.9 Å². The third kappa shape index (κ3) is 3.04. The predicted octanol–water partition coefficient (Wildman–Crippen LogP) is 3.28. The Bertz CT molecular complexity index is 973. The second kappa shape index (κ2) is 6.46. The minimum absolute atomic E-state index is 0.149. The van der Waals surface area contributed by atoms with Gasteiger partial charge < -0.3 is 0 Å². The van der Waals surface area contributed by atoms with E-state index in [9.17, 15) is 12.9 Å². The van der Waals surface area contributed by atoms with Crippen LogP contribution in [-0.4, -0.2) is 18.4 Å². The van der Waals surface area contributed by atoms with E-state index in [4.69, 9.17) is 0 Å². The van der Waals surface area contributed by atoms with E-state index < -0.39 is 10.0 Å². The van der Waals surface area contributed by atoms with E-state index in [2.05, 4.69) is 9.97 Å². The zero-order valence-corrected chi connectivity index (χ0v) is 13.6. The lowest BCUT2D eigenvalue weighted by Crippen LogP contribution is -2.14. The smallest absolute Gasteiger partial charge is 0.261 e. The molecule has 0 fully saturated rings. The Morgan fingerprint density at radius 2 is 1.54 bits per heavy atom. The van der Waals surface area contributed by atoms with Gasteiger partial charge in [0, 0.05) is 34.8 Å². The quantitative estimate of drug-likeness (QED) is 0.738. The minimum Gasteiger partial charge on any atom is -0.261 e. The van der Waals surface area contributed by atoms with Gasteiger partial charge in [0.05, 0.1) is 10.6 Å². The summed E-state index contributed by atoms with van der Waals surface area (Å²) < 4.78 is 35.3. The molecule has 2 aromatic heterocycles. The van der Waals surface area contributed by atoms with Gasteiger partial charge in [0.15, 0.2) is 0 Å². The van der Waals surface area contributed by atoms with Crippen LogP contribution >= 0.6 is 0 Å². The molecule has 3 rings (SSSR count). The van der Waals surface area contributed by atoms with Crippen molar-refractivity contribution >= 4 is 10.0 Å². The van der Waals surface area contributed by atoms with Gasteiger partial charge in [-0.05, 0) is 36.1 Å². The minimum atomic E-state index is -4.11. The van der Waals surface area contributed by atoms with Crippen LogP contribution in [0.4, 0.5) is 4.48 Å². The molecule has 0 saturated carbocycles. The molecule has 1 aromatic carbocycles. The van der Waals surface area contributed by atoms with Gasteiger partial charge in [-0.15, -0.1) is 4.48 Å². The number of hydrogen-bond acceptors (Lipinski definition) is 4. The molecule has 5 nitrogen and oxygen atoms in total. The number of hydrogen-bond donors (Lipinski definition) is 1. The summed E-state index contributed by atoms with van der Waals surface area (Å²) in [6.45, 7) is 1.91. The van der Waals surface area contributed by atoms with Crippen LogP contribution in [0.15, 0.2) is 65.8 Å². The Balaban J connectivity index is 2.10. The summed E-state index contributed by atoms with van der Waals surface area (Å²) in [7, 11) is -4.11.